The molecule has 2 aromatic rings. The van der Waals surface area contributed by atoms with Crippen LogP contribution in [0.2, 0.25) is 0 Å². The van der Waals surface area contributed by atoms with Crippen molar-refractivity contribution in [2.75, 3.05) is 7.05 Å². The second kappa shape index (κ2) is 4.42. The summed E-state index contributed by atoms with van der Waals surface area (Å²) in [5.74, 6) is -0.526. The average molecular weight is 271 g/mol. The Kier molecular flexibility index (Phi) is 2.83. The Morgan fingerprint density at radius 2 is 1.80 bits per heavy atom. The molecular formula is C16H14FNO2. The van der Waals surface area contributed by atoms with Crippen molar-refractivity contribution in [1.29, 1.82) is 0 Å². The smallest absolute Gasteiger partial charge is 0.256 e. The van der Waals surface area contributed by atoms with Crippen molar-refractivity contribution in [1.82, 2.24) is 4.90 Å². The quantitative estimate of drug-likeness (QED) is 0.910. The molecule has 0 spiro atoms. The maximum absolute atomic E-state index is 12.9. The molecule has 0 aliphatic carbocycles. The van der Waals surface area contributed by atoms with E-state index in [2.05, 4.69) is 0 Å². The van der Waals surface area contributed by atoms with Gasteiger partial charge in [-0.2, -0.15) is 0 Å². The minimum absolute atomic E-state index is 0.204. The van der Waals surface area contributed by atoms with E-state index in [4.69, 9.17) is 0 Å². The summed E-state index contributed by atoms with van der Waals surface area (Å²) in [6.45, 7) is 0. The standard InChI is InChI=1S/C16H14FNO2/c1-18-15(19)13-4-2-3-5-14(13)16(18,20)10-11-6-8-12(17)9-7-11/h2-9,20H,10H2,1H3/t16-/m1/s1. The highest BCUT2D eigenvalue weighted by molar-refractivity contribution is 5.99. The first-order valence-electron chi connectivity index (χ1n) is 6.37. The molecule has 0 radical (unpaired) electrons. The molecule has 0 bridgehead atoms. The molecule has 0 saturated carbocycles. The molecule has 0 aromatic heterocycles. The molecule has 1 aliphatic rings. The van der Waals surface area contributed by atoms with Crippen LogP contribution in [0.3, 0.4) is 0 Å². The monoisotopic (exact) mass is 271 g/mol. The first-order chi connectivity index (χ1) is 9.52. The summed E-state index contributed by atoms with van der Waals surface area (Å²) in [6, 6.07) is 13.0. The highest BCUT2D eigenvalue weighted by Gasteiger charge is 2.46. The fraction of sp³-hybridized carbons (Fsp3) is 0.188. The molecule has 1 N–H and O–H groups in total. The summed E-state index contributed by atoms with van der Waals surface area (Å²) in [7, 11) is 1.58. The first-order valence-corrected chi connectivity index (χ1v) is 6.37. The number of aliphatic hydroxyl groups is 1. The summed E-state index contributed by atoms with van der Waals surface area (Å²) in [5.41, 5.74) is 0.493. The van der Waals surface area contributed by atoms with E-state index in [9.17, 15) is 14.3 Å². The zero-order chi connectivity index (χ0) is 14.3. The molecule has 1 heterocycles. The van der Waals surface area contributed by atoms with Crippen LogP contribution in [0.15, 0.2) is 48.5 Å². The minimum atomic E-state index is -1.38. The number of hydrogen-bond donors (Lipinski definition) is 1. The van der Waals surface area contributed by atoms with E-state index in [1.165, 1.54) is 17.0 Å². The van der Waals surface area contributed by atoms with Crippen LogP contribution in [-0.2, 0) is 12.1 Å². The fourth-order valence-electron chi connectivity index (χ4n) is 2.65. The summed E-state index contributed by atoms with van der Waals surface area (Å²) < 4.78 is 12.9. The lowest BCUT2D eigenvalue weighted by Gasteiger charge is -2.31. The van der Waals surface area contributed by atoms with Gasteiger partial charge in [0.05, 0.1) is 0 Å². The van der Waals surface area contributed by atoms with Gasteiger partial charge < -0.3 is 10.0 Å². The predicted molar refractivity (Wildman–Crippen MR) is 72.5 cm³/mol. The third-order valence-electron chi connectivity index (χ3n) is 3.81. The fourth-order valence-corrected chi connectivity index (χ4v) is 2.65. The largest absolute Gasteiger partial charge is 0.366 e. The maximum Gasteiger partial charge on any atom is 0.256 e. The van der Waals surface area contributed by atoms with Crippen molar-refractivity contribution < 1.29 is 14.3 Å². The number of hydrogen-bond acceptors (Lipinski definition) is 2. The van der Waals surface area contributed by atoms with E-state index in [0.717, 1.165) is 5.56 Å². The zero-order valence-corrected chi connectivity index (χ0v) is 11.0. The Bertz CT molecular complexity index is 668. The SMILES string of the molecule is CN1C(=O)c2ccccc2[C@]1(O)Cc1ccc(F)cc1. The zero-order valence-electron chi connectivity index (χ0n) is 11.0. The van der Waals surface area contributed by atoms with E-state index in [1.807, 2.05) is 0 Å². The summed E-state index contributed by atoms with van der Waals surface area (Å²) in [5, 5.41) is 10.9. The number of amides is 1. The Balaban J connectivity index is 2.03. The number of nitrogens with zero attached hydrogens (tertiary/aromatic N) is 1. The normalized spacial score (nSPS) is 21.1. The molecule has 4 heteroatoms. The van der Waals surface area contributed by atoms with Crippen molar-refractivity contribution in [3.63, 3.8) is 0 Å². The van der Waals surface area contributed by atoms with Gasteiger partial charge in [0.1, 0.15) is 5.82 Å². The van der Waals surface area contributed by atoms with Gasteiger partial charge in [-0.05, 0) is 23.8 Å². The molecule has 2 aromatic carbocycles. The predicted octanol–water partition coefficient (Wildman–Crippen LogP) is 2.30. The molecule has 3 nitrogen and oxygen atoms in total. The van der Waals surface area contributed by atoms with Crippen molar-refractivity contribution in [2.45, 2.75) is 12.1 Å². The van der Waals surface area contributed by atoms with Gasteiger partial charge in [0.25, 0.3) is 5.91 Å². The molecular weight excluding hydrogens is 257 g/mol. The van der Waals surface area contributed by atoms with Gasteiger partial charge >= 0.3 is 0 Å². The third-order valence-corrected chi connectivity index (χ3v) is 3.81. The highest BCUT2D eigenvalue weighted by Crippen LogP contribution is 2.38. The minimum Gasteiger partial charge on any atom is -0.366 e. The number of carbonyl (C=O) groups is 1. The highest BCUT2D eigenvalue weighted by atomic mass is 19.1. The average Bonchev–Trinajstić information content (AvgIpc) is 2.65. The summed E-state index contributed by atoms with van der Waals surface area (Å²) >= 11 is 0. The van der Waals surface area contributed by atoms with Crippen molar-refractivity contribution in [2.24, 2.45) is 0 Å². The molecule has 0 unspecified atom stereocenters. The third kappa shape index (κ3) is 1.80. The van der Waals surface area contributed by atoms with Crippen LogP contribution < -0.4 is 0 Å². The number of fused-ring (bicyclic) bond motifs is 1. The number of benzene rings is 2. The Hall–Kier alpha value is -2.20. The van der Waals surface area contributed by atoms with Crippen LogP contribution in [0.5, 0.6) is 0 Å². The van der Waals surface area contributed by atoms with Gasteiger partial charge in [0.15, 0.2) is 5.72 Å². The van der Waals surface area contributed by atoms with E-state index >= 15 is 0 Å². The van der Waals surface area contributed by atoms with Crippen LogP contribution in [0.4, 0.5) is 4.39 Å². The Labute approximate surface area is 116 Å². The van der Waals surface area contributed by atoms with Gasteiger partial charge in [-0.1, -0.05) is 30.3 Å². The first kappa shape index (κ1) is 12.8. The molecule has 102 valence electrons. The lowest BCUT2D eigenvalue weighted by atomic mass is 9.94. The van der Waals surface area contributed by atoms with E-state index in [-0.39, 0.29) is 18.1 Å². The molecule has 1 atom stereocenters. The lowest BCUT2D eigenvalue weighted by molar-refractivity contribution is -0.0715. The summed E-state index contributed by atoms with van der Waals surface area (Å²) in [6.07, 6.45) is 0.229. The van der Waals surface area contributed by atoms with Gasteiger partial charge in [0, 0.05) is 24.6 Å². The van der Waals surface area contributed by atoms with Crippen LogP contribution in [0.25, 0.3) is 0 Å². The Morgan fingerprint density at radius 1 is 1.15 bits per heavy atom. The Morgan fingerprint density at radius 3 is 2.50 bits per heavy atom. The van der Waals surface area contributed by atoms with Gasteiger partial charge in [-0.25, -0.2) is 4.39 Å². The van der Waals surface area contributed by atoms with Crippen LogP contribution >= 0.6 is 0 Å². The molecule has 1 aliphatic heterocycles. The topological polar surface area (TPSA) is 40.5 Å². The van der Waals surface area contributed by atoms with Crippen molar-refractivity contribution in [3.8, 4) is 0 Å². The number of likely N-dealkylation sites (N-methyl/N-ethyl adjacent to an activating group) is 1. The van der Waals surface area contributed by atoms with Gasteiger partial charge in [-0.15, -0.1) is 0 Å². The van der Waals surface area contributed by atoms with E-state index in [0.29, 0.717) is 11.1 Å². The van der Waals surface area contributed by atoms with Crippen LogP contribution in [0.1, 0.15) is 21.5 Å². The summed E-state index contributed by atoms with van der Waals surface area (Å²) in [4.78, 5) is 13.5. The van der Waals surface area contributed by atoms with Gasteiger partial charge in [0.2, 0.25) is 0 Å². The van der Waals surface area contributed by atoms with Crippen LogP contribution in [0, 0.1) is 5.82 Å². The number of halogens is 1. The van der Waals surface area contributed by atoms with Crippen molar-refractivity contribution in [3.05, 3.63) is 71.0 Å². The second-order valence-corrected chi connectivity index (χ2v) is 5.03. The number of rotatable bonds is 2. The van der Waals surface area contributed by atoms with Crippen LogP contribution in [-0.4, -0.2) is 23.0 Å². The lowest BCUT2D eigenvalue weighted by Crippen LogP contribution is -2.42. The molecule has 1 amide bonds. The molecule has 20 heavy (non-hydrogen) atoms. The van der Waals surface area contributed by atoms with E-state index in [1.54, 1.807) is 43.4 Å². The molecule has 0 fully saturated rings. The van der Waals surface area contributed by atoms with Crippen molar-refractivity contribution >= 4 is 5.91 Å². The maximum atomic E-state index is 12.9. The second-order valence-electron chi connectivity index (χ2n) is 5.03. The molecule has 0 saturated heterocycles. The molecule has 3 rings (SSSR count). The van der Waals surface area contributed by atoms with E-state index < -0.39 is 5.72 Å². The number of carbonyl (C=O) groups excluding carboxylic acids is 1. The van der Waals surface area contributed by atoms with Gasteiger partial charge in [-0.3, -0.25) is 4.79 Å².